The van der Waals surface area contributed by atoms with Gasteiger partial charge in [-0.25, -0.2) is 9.67 Å². The highest BCUT2D eigenvalue weighted by atomic mass is 16.2. The molecule has 1 aromatic rings. The van der Waals surface area contributed by atoms with E-state index in [4.69, 9.17) is 5.26 Å². The molecule has 0 aliphatic carbocycles. The maximum atomic E-state index is 12.4. The van der Waals surface area contributed by atoms with Crippen molar-refractivity contribution in [3.8, 4) is 6.07 Å². The summed E-state index contributed by atoms with van der Waals surface area (Å²) in [6, 6.07) is 2.63. The SMILES string of the molecule is CC1CC(N2CCCC2)CN1C(=O)Cn1cnc(C#N)n1. The number of hydrogen-bond acceptors (Lipinski definition) is 5. The number of carbonyl (C=O) groups is 1. The number of nitriles is 1. The van der Waals surface area contributed by atoms with E-state index in [-0.39, 0.29) is 24.3 Å². The van der Waals surface area contributed by atoms with Crippen LogP contribution in [0.15, 0.2) is 6.33 Å². The van der Waals surface area contributed by atoms with E-state index in [1.54, 1.807) is 0 Å². The molecule has 3 rings (SSSR count). The van der Waals surface area contributed by atoms with Crippen molar-refractivity contribution in [1.82, 2.24) is 24.6 Å². The molecule has 1 amide bonds. The van der Waals surface area contributed by atoms with Crippen LogP contribution >= 0.6 is 0 Å². The molecule has 2 atom stereocenters. The lowest BCUT2D eigenvalue weighted by molar-refractivity contribution is -0.132. The van der Waals surface area contributed by atoms with Crippen LogP contribution in [0.2, 0.25) is 0 Å². The summed E-state index contributed by atoms with van der Waals surface area (Å²) in [5.74, 6) is 0.158. The van der Waals surface area contributed by atoms with Crippen molar-refractivity contribution >= 4 is 5.91 Å². The summed E-state index contributed by atoms with van der Waals surface area (Å²) < 4.78 is 1.44. The molecule has 0 radical (unpaired) electrons. The molecule has 2 aliphatic heterocycles. The average molecular weight is 288 g/mol. The molecule has 21 heavy (non-hydrogen) atoms. The van der Waals surface area contributed by atoms with Gasteiger partial charge in [0.15, 0.2) is 0 Å². The summed E-state index contributed by atoms with van der Waals surface area (Å²) in [5.41, 5.74) is 0. The predicted molar refractivity (Wildman–Crippen MR) is 75.1 cm³/mol. The maximum Gasteiger partial charge on any atom is 0.252 e. The molecular weight excluding hydrogens is 268 g/mol. The summed E-state index contributed by atoms with van der Waals surface area (Å²) in [4.78, 5) is 20.7. The van der Waals surface area contributed by atoms with Gasteiger partial charge in [-0.3, -0.25) is 9.69 Å². The number of amides is 1. The molecular formula is C14H20N6O. The molecule has 2 saturated heterocycles. The lowest BCUT2D eigenvalue weighted by Crippen LogP contribution is -2.39. The lowest BCUT2D eigenvalue weighted by Gasteiger charge is -2.24. The number of carbonyl (C=O) groups excluding carboxylic acids is 1. The summed E-state index contributed by atoms with van der Waals surface area (Å²) in [7, 11) is 0. The monoisotopic (exact) mass is 288 g/mol. The van der Waals surface area contributed by atoms with Crippen LogP contribution in [-0.2, 0) is 11.3 Å². The lowest BCUT2D eigenvalue weighted by atomic mass is 10.2. The Kier molecular flexibility index (Phi) is 3.88. The molecule has 0 bridgehead atoms. The Morgan fingerprint density at radius 2 is 2.24 bits per heavy atom. The van der Waals surface area contributed by atoms with Crippen LogP contribution < -0.4 is 0 Å². The van der Waals surface area contributed by atoms with Gasteiger partial charge in [-0.1, -0.05) is 0 Å². The topological polar surface area (TPSA) is 78.0 Å². The minimum atomic E-state index is 0.0542. The highest BCUT2D eigenvalue weighted by molar-refractivity contribution is 5.76. The van der Waals surface area contributed by atoms with E-state index in [1.807, 2.05) is 11.0 Å². The Bertz CT molecular complexity index is 556. The van der Waals surface area contributed by atoms with Crippen LogP contribution in [0.5, 0.6) is 0 Å². The third-order valence-corrected chi connectivity index (χ3v) is 4.46. The molecule has 7 nitrogen and oxygen atoms in total. The van der Waals surface area contributed by atoms with Gasteiger partial charge in [0.1, 0.15) is 18.9 Å². The number of rotatable bonds is 3. The van der Waals surface area contributed by atoms with Crippen molar-refractivity contribution in [3.05, 3.63) is 12.2 Å². The number of aromatic nitrogens is 3. The molecule has 1 aromatic heterocycles. The van der Waals surface area contributed by atoms with E-state index in [2.05, 4.69) is 21.9 Å². The first-order valence-corrected chi connectivity index (χ1v) is 7.50. The predicted octanol–water partition coefficient (Wildman–Crippen LogP) is 0.235. The van der Waals surface area contributed by atoms with Crippen molar-refractivity contribution in [2.75, 3.05) is 19.6 Å². The molecule has 2 fully saturated rings. The molecule has 2 unspecified atom stereocenters. The van der Waals surface area contributed by atoms with Crippen LogP contribution in [-0.4, -0.2) is 62.2 Å². The standard InChI is InChI=1S/C14H20N6O/c1-11-6-12(18-4-2-3-5-18)8-20(11)14(21)9-19-10-16-13(7-15)17-19/h10-12H,2-6,8-9H2,1H3. The van der Waals surface area contributed by atoms with Crippen molar-refractivity contribution in [2.24, 2.45) is 0 Å². The second kappa shape index (κ2) is 5.82. The molecule has 112 valence electrons. The van der Waals surface area contributed by atoms with Crippen LogP contribution in [0.4, 0.5) is 0 Å². The minimum absolute atomic E-state index is 0.0542. The van der Waals surface area contributed by atoms with Gasteiger partial charge < -0.3 is 4.90 Å². The van der Waals surface area contributed by atoms with Gasteiger partial charge in [-0.05, 0) is 39.3 Å². The highest BCUT2D eigenvalue weighted by Gasteiger charge is 2.36. The Balaban J connectivity index is 1.60. The third-order valence-electron chi connectivity index (χ3n) is 4.46. The van der Waals surface area contributed by atoms with Gasteiger partial charge >= 0.3 is 0 Å². The Hall–Kier alpha value is -1.94. The second-order valence-corrected chi connectivity index (χ2v) is 5.91. The molecule has 0 N–H and O–H groups in total. The van der Waals surface area contributed by atoms with Gasteiger partial charge in [0.2, 0.25) is 5.91 Å². The van der Waals surface area contributed by atoms with Crippen LogP contribution in [0.25, 0.3) is 0 Å². The Morgan fingerprint density at radius 1 is 1.48 bits per heavy atom. The van der Waals surface area contributed by atoms with Crippen molar-refractivity contribution in [3.63, 3.8) is 0 Å². The largest absolute Gasteiger partial charge is 0.337 e. The van der Waals surface area contributed by atoms with Crippen LogP contribution in [0, 0.1) is 11.3 Å². The fourth-order valence-electron chi connectivity index (χ4n) is 3.37. The molecule has 2 aliphatic rings. The first-order valence-electron chi connectivity index (χ1n) is 7.50. The van der Waals surface area contributed by atoms with Gasteiger partial charge in [0, 0.05) is 18.6 Å². The van der Waals surface area contributed by atoms with E-state index in [0.29, 0.717) is 6.04 Å². The van der Waals surface area contributed by atoms with E-state index in [1.165, 1.54) is 23.9 Å². The normalized spacial score (nSPS) is 26.2. The zero-order valence-electron chi connectivity index (χ0n) is 12.3. The zero-order chi connectivity index (χ0) is 14.8. The van der Waals surface area contributed by atoms with E-state index in [0.717, 1.165) is 26.1 Å². The van der Waals surface area contributed by atoms with Crippen molar-refractivity contribution in [1.29, 1.82) is 5.26 Å². The maximum absolute atomic E-state index is 12.4. The molecule has 0 saturated carbocycles. The number of likely N-dealkylation sites (tertiary alicyclic amines) is 2. The highest BCUT2D eigenvalue weighted by Crippen LogP contribution is 2.25. The summed E-state index contributed by atoms with van der Waals surface area (Å²) >= 11 is 0. The van der Waals surface area contributed by atoms with Gasteiger partial charge in [-0.15, -0.1) is 5.10 Å². The summed E-state index contributed by atoms with van der Waals surface area (Å²) in [6.45, 7) is 5.39. The molecule has 7 heteroatoms. The number of hydrogen-bond donors (Lipinski definition) is 0. The van der Waals surface area contributed by atoms with Gasteiger partial charge in [0.05, 0.1) is 0 Å². The first kappa shape index (κ1) is 14.0. The van der Waals surface area contributed by atoms with Crippen LogP contribution in [0.3, 0.4) is 0 Å². The van der Waals surface area contributed by atoms with E-state index < -0.39 is 0 Å². The Labute approximate surface area is 124 Å². The Morgan fingerprint density at radius 3 is 2.90 bits per heavy atom. The molecule has 3 heterocycles. The fourth-order valence-corrected chi connectivity index (χ4v) is 3.37. The van der Waals surface area contributed by atoms with Gasteiger partial charge in [-0.2, -0.15) is 5.26 Å². The average Bonchev–Trinajstić information content (AvgIpc) is 3.17. The third kappa shape index (κ3) is 2.90. The minimum Gasteiger partial charge on any atom is -0.337 e. The molecule has 0 spiro atoms. The summed E-state index contributed by atoms with van der Waals surface area (Å²) in [5, 5.41) is 12.7. The van der Waals surface area contributed by atoms with Crippen molar-refractivity contribution in [2.45, 2.75) is 44.8 Å². The van der Waals surface area contributed by atoms with E-state index in [9.17, 15) is 4.79 Å². The zero-order valence-corrected chi connectivity index (χ0v) is 12.3. The first-order chi connectivity index (χ1) is 10.2. The summed E-state index contributed by atoms with van der Waals surface area (Å²) in [6.07, 6.45) is 5.03. The smallest absolute Gasteiger partial charge is 0.252 e. The quantitative estimate of drug-likeness (QED) is 0.796. The number of nitrogens with zero attached hydrogens (tertiary/aromatic N) is 6. The van der Waals surface area contributed by atoms with Crippen LogP contribution in [0.1, 0.15) is 32.0 Å². The van der Waals surface area contributed by atoms with Crippen molar-refractivity contribution < 1.29 is 4.79 Å². The second-order valence-electron chi connectivity index (χ2n) is 5.91. The van der Waals surface area contributed by atoms with E-state index >= 15 is 0 Å². The van der Waals surface area contributed by atoms with Gasteiger partial charge in [0.25, 0.3) is 5.82 Å². The fraction of sp³-hybridized carbons (Fsp3) is 0.714. The molecule has 0 aromatic carbocycles.